The van der Waals surface area contributed by atoms with Gasteiger partial charge in [-0.2, -0.15) is 0 Å². The summed E-state index contributed by atoms with van der Waals surface area (Å²) in [6.45, 7) is 7.68. The highest BCUT2D eigenvalue weighted by Gasteiger charge is 2.47. The lowest BCUT2D eigenvalue weighted by atomic mass is 9.72. The van der Waals surface area contributed by atoms with Crippen LogP contribution in [0.2, 0.25) is 5.28 Å². The first-order valence-corrected chi connectivity index (χ1v) is 13.1. The molecule has 1 fully saturated rings. The van der Waals surface area contributed by atoms with Crippen LogP contribution in [0.15, 0.2) is 42.6 Å². The van der Waals surface area contributed by atoms with Crippen molar-refractivity contribution in [3.63, 3.8) is 0 Å². The summed E-state index contributed by atoms with van der Waals surface area (Å²) in [6, 6.07) is 11.4. The second kappa shape index (κ2) is 9.94. The van der Waals surface area contributed by atoms with Crippen LogP contribution >= 0.6 is 11.6 Å². The number of piperidine rings is 1. The number of amides is 2. The predicted molar refractivity (Wildman–Crippen MR) is 143 cm³/mol. The van der Waals surface area contributed by atoms with Crippen molar-refractivity contribution in [2.45, 2.75) is 51.2 Å². The number of methoxy groups -OCH3 is 1. The fourth-order valence-electron chi connectivity index (χ4n) is 5.28. The summed E-state index contributed by atoms with van der Waals surface area (Å²) in [4.78, 5) is 42.0. The monoisotopic (exact) mass is 537 g/mol. The largest absolute Gasteiger partial charge is 0.497 e. The van der Waals surface area contributed by atoms with Crippen molar-refractivity contribution >= 4 is 23.6 Å². The first-order valence-electron chi connectivity index (χ1n) is 12.7. The average molecular weight is 538 g/mol. The topological polar surface area (TPSA) is 101 Å². The molecule has 200 valence electrons. The standard InChI is InChI=1S/C28H32ClN5O4/c1-27(2,3)38-26(36)33-13-10-28(11-14-33)17-34(16-18-5-7-19(37-4)8-6-18)24(35)20-15-22(31-23(20)28)21-9-12-30-25(29)32-21/h5-9,12,15,31H,10-11,13-14,16-17H2,1-4H3. The van der Waals surface area contributed by atoms with Gasteiger partial charge in [0.2, 0.25) is 5.28 Å². The minimum absolute atomic E-state index is 0.0429. The van der Waals surface area contributed by atoms with Gasteiger partial charge in [-0.3, -0.25) is 4.79 Å². The molecule has 2 aromatic heterocycles. The van der Waals surface area contributed by atoms with Gasteiger partial charge in [0.25, 0.3) is 5.91 Å². The van der Waals surface area contributed by atoms with Gasteiger partial charge < -0.3 is 24.3 Å². The van der Waals surface area contributed by atoms with Gasteiger partial charge in [-0.1, -0.05) is 12.1 Å². The molecule has 1 saturated heterocycles. The van der Waals surface area contributed by atoms with Crippen LogP contribution in [-0.4, -0.2) is 69.1 Å². The number of aromatic amines is 1. The zero-order valence-electron chi connectivity index (χ0n) is 22.1. The summed E-state index contributed by atoms with van der Waals surface area (Å²) in [5, 5.41) is 0.142. The number of rotatable bonds is 4. The molecule has 0 atom stereocenters. The third-order valence-electron chi connectivity index (χ3n) is 7.17. The van der Waals surface area contributed by atoms with Crippen molar-refractivity contribution < 1.29 is 19.1 Å². The molecule has 5 rings (SSSR count). The molecule has 38 heavy (non-hydrogen) atoms. The van der Waals surface area contributed by atoms with Crippen LogP contribution in [0, 0.1) is 0 Å². The van der Waals surface area contributed by atoms with E-state index in [9.17, 15) is 9.59 Å². The van der Waals surface area contributed by atoms with Crippen molar-refractivity contribution in [1.82, 2.24) is 24.8 Å². The molecule has 0 radical (unpaired) electrons. The van der Waals surface area contributed by atoms with E-state index in [1.54, 1.807) is 24.3 Å². The minimum Gasteiger partial charge on any atom is -0.497 e. The van der Waals surface area contributed by atoms with Crippen LogP contribution in [0.4, 0.5) is 4.79 Å². The van der Waals surface area contributed by atoms with Crippen molar-refractivity contribution in [2.24, 2.45) is 0 Å². The second-order valence-corrected chi connectivity index (χ2v) is 11.3. The summed E-state index contributed by atoms with van der Waals surface area (Å²) >= 11 is 6.05. The van der Waals surface area contributed by atoms with Gasteiger partial charge in [-0.25, -0.2) is 14.8 Å². The van der Waals surface area contributed by atoms with Gasteiger partial charge in [-0.15, -0.1) is 0 Å². The van der Waals surface area contributed by atoms with Crippen LogP contribution in [0.1, 0.15) is 55.2 Å². The van der Waals surface area contributed by atoms with Gasteiger partial charge in [0.1, 0.15) is 11.4 Å². The molecular weight excluding hydrogens is 506 g/mol. The van der Waals surface area contributed by atoms with E-state index in [2.05, 4.69) is 15.0 Å². The Kier molecular flexibility index (Phi) is 6.81. The van der Waals surface area contributed by atoms with E-state index in [4.69, 9.17) is 21.1 Å². The summed E-state index contributed by atoms with van der Waals surface area (Å²) < 4.78 is 10.9. The molecular formula is C28H32ClN5O4. The SMILES string of the molecule is COc1ccc(CN2CC3(CCN(C(=O)OC(C)(C)C)CC3)c3[nH]c(-c4ccnc(Cl)n4)cc3C2=O)cc1. The van der Waals surface area contributed by atoms with Gasteiger partial charge in [-0.05, 0) is 75.0 Å². The van der Waals surface area contributed by atoms with Gasteiger partial charge in [0.05, 0.1) is 24.1 Å². The molecule has 2 amide bonds. The van der Waals surface area contributed by atoms with E-state index < -0.39 is 5.60 Å². The van der Waals surface area contributed by atoms with E-state index in [1.165, 1.54) is 0 Å². The Bertz CT molecular complexity index is 1340. The lowest BCUT2D eigenvalue weighted by Gasteiger charge is -2.47. The lowest BCUT2D eigenvalue weighted by molar-refractivity contribution is 0.0120. The fourth-order valence-corrected chi connectivity index (χ4v) is 5.43. The van der Waals surface area contributed by atoms with Crippen molar-refractivity contribution in [3.05, 3.63) is 64.7 Å². The van der Waals surface area contributed by atoms with Gasteiger partial charge in [0, 0.05) is 43.5 Å². The molecule has 3 aromatic rings. The van der Waals surface area contributed by atoms with E-state index >= 15 is 0 Å². The summed E-state index contributed by atoms with van der Waals surface area (Å²) in [5.41, 5.74) is 2.97. The van der Waals surface area contributed by atoms with Crippen LogP contribution in [0.5, 0.6) is 5.75 Å². The van der Waals surface area contributed by atoms with Crippen molar-refractivity contribution in [1.29, 1.82) is 0 Å². The summed E-state index contributed by atoms with van der Waals surface area (Å²) in [5.74, 6) is 0.726. The quantitative estimate of drug-likeness (QED) is 0.467. The van der Waals surface area contributed by atoms with Crippen LogP contribution in [0.25, 0.3) is 11.4 Å². The van der Waals surface area contributed by atoms with Crippen molar-refractivity contribution in [2.75, 3.05) is 26.7 Å². The molecule has 1 aromatic carbocycles. The van der Waals surface area contributed by atoms with E-state index in [1.807, 2.05) is 56.0 Å². The minimum atomic E-state index is -0.557. The Hall–Kier alpha value is -3.59. The molecule has 2 aliphatic rings. The third-order valence-corrected chi connectivity index (χ3v) is 7.35. The normalized spacial score (nSPS) is 16.9. The van der Waals surface area contributed by atoms with E-state index in [-0.39, 0.29) is 22.7 Å². The fraction of sp³-hybridized carbons (Fsp3) is 0.429. The first-order chi connectivity index (χ1) is 18.1. The lowest BCUT2D eigenvalue weighted by Crippen LogP contribution is -2.55. The highest BCUT2D eigenvalue weighted by atomic mass is 35.5. The Labute approximate surface area is 227 Å². The molecule has 10 heteroatoms. The Morgan fingerprint density at radius 1 is 1.16 bits per heavy atom. The smallest absolute Gasteiger partial charge is 0.410 e. The highest BCUT2D eigenvalue weighted by molar-refractivity contribution is 6.28. The molecule has 0 aliphatic carbocycles. The number of fused-ring (bicyclic) bond motifs is 2. The molecule has 2 aliphatic heterocycles. The number of H-pyrrole nitrogens is 1. The maximum absolute atomic E-state index is 13.7. The highest BCUT2D eigenvalue weighted by Crippen LogP contribution is 2.43. The third kappa shape index (κ3) is 5.20. The van der Waals surface area contributed by atoms with E-state index in [0.29, 0.717) is 56.0 Å². The molecule has 0 saturated carbocycles. The summed E-state index contributed by atoms with van der Waals surface area (Å²) in [6.07, 6.45) is 2.67. The van der Waals surface area contributed by atoms with Crippen LogP contribution in [0.3, 0.4) is 0 Å². The van der Waals surface area contributed by atoms with Crippen LogP contribution in [-0.2, 0) is 16.7 Å². The Morgan fingerprint density at radius 3 is 2.50 bits per heavy atom. The number of nitrogens with one attached hydrogen (secondary N) is 1. The van der Waals surface area contributed by atoms with Crippen LogP contribution < -0.4 is 4.74 Å². The maximum atomic E-state index is 13.7. The molecule has 4 heterocycles. The van der Waals surface area contributed by atoms with Gasteiger partial charge >= 0.3 is 6.09 Å². The molecule has 1 spiro atoms. The average Bonchev–Trinajstić information content (AvgIpc) is 3.34. The number of benzene rings is 1. The van der Waals surface area contributed by atoms with E-state index in [0.717, 1.165) is 17.0 Å². The predicted octanol–water partition coefficient (Wildman–Crippen LogP) is 5.06. The number of hydrogen-bond donors (Lipinski definition) is 1. The zero-order valence-corrected chi connectivity index (χ0v) is 22.8. The molecule has 1 N–H and O–H groups in total. The summed E-state index contributed by atoms with van der Waals surface area (Å²) in [7, 11) is 1.63. The molecule has 9 nitrogen and oxygen atoms in total. The number of carbonyl (C=O) groups excluding carboxylic acids is 2. The Balaban J connectivity index is 1.47. The molecule has 0 unspecified atom stereocenters. The number of aromatic nitrogens is 3. The number of carbonyl (C=O) groups is 2. The first kappa shape index (κ1) is 26.0. The molecule has 0 bridgehead atoms. The van der Waals surface area contributed by atoms with Gasteiger partial charge in [0.15, 0.2) is 0 Å². The second-order valence-electron chi connectivity index (χ2n) is 10.9. The maximum Gasteiger partial charge on any atom is 0.410 e. The number of halogens is 1. The Morgan fingerprint density at radius 2 is 1.87 bits per heavy atom. The number of ether oxygens (including phenoxy) is 2. The zero-order chi connectivity index (χ0) is 27.1. The number of likely N-dealkylation sites (tertiary alicyclic amines) is 1. The number of hydrogen-bond acceptors (Lipinski definition) is 6. The number of nitrogens with zero attached hydrogens (tertiary/aromatic N) is 4. The van der Waals surface area contributed by atoms with Crippen molar-refractivity contribution in [3.8, 4) is 17.1 Å².